The van der Waals surface area contributed by atoms with E-state index >= 15 is 0 Å². The van der Waals surface area contributed by atoms with Crippen molar-refractivity contribution in [2.24, 2.45) is 4.99 Å². The Balaban J connectivity index is 0.00000320. The molecular weight excluding hydrogens is 505 g/mol. The number of guanidine groups is 1. The highest BCUT2D eigenvalue weighted by Crippen LogP contribution is 2.23. The van der Waals surface area contributed by atoms with Crippen LogP contribution in [0.25, 0.3) is 0 Å². The van der Waals surface area contributed by atoms with Crippen molar-refractivity contribution >= 4 is 35.6 Å². The van der Waals surface area contributed by atoms with E-state index in [1.54, 1.807) is 19.2 Å². The minimum Gasteiger partial charge on any atom is -0.435 e. The highest BCUT2D eigenvalue weighted by atomic mass is 127. The number of aliphatic imine (C=N–C) groups is 1. The normalized spacial score (nSPS) is 16.9. The van der Waals surface area contributed by atoms with Gasteiger partial charge in [0.15, 0.2) is 5.96 Å². The van der Waals surface area contributed by atoms with Crippen LogP contribution in [0.3, 0.4) is 0 Å². The van der Waals surface area contributed by atoms with E-state index in [-0.39, 0.29) is 35.8 Å². The van der Waals surface area contributed by atoms with Gasteiger partial charge in [0.1, 0.15) is 5.75 Å². The van der Waals surface area contributed by atoms with Gasteiger partial charge in [-0.2, -0.15) is 13.9 Å². The number of benzene rings is 1. The fourth-order valence-electron chi connectivity index (χ4n) is 3.43. The van der Waals surface area contributed by atoms with E-state index in [4.69, 9.17) is 0 Å². The van der Waals surface area contributed by atoms with Gasteiger partial charge >= 0.3 is 6.61 Å². The van der Waals surface area contributed by atoms with Crippen molar-refractivity contribution in [1.82, 2.24) is 20.4 Å². The zero-order valence-electron chi connectivity index (χ0n) is 17.2. The van der Waals surface area contributed by atoms with E-state index in [0.29, 0.717) is 0 Å². The Morgan fingerprint density at radius 1 is 1.33 bits per heavy atom. The molecule has 1 aliphatic rings. The summed E-state index contributed by atoms with van der Waals surface area (Å²) in [5.41, 5.74) is 2.14. The molecule has 0 amide bonds. The number of anilines is 1. The number of piperidine rings is 1. The minimum atomic E-state index is -2.80. The first-order chi connectivity index (χ1) is 14.0. The van der Waals surface area contributed by atoms with Gasteiger partial charge in [0.05, 0.1) is 12.7 Å². The van der Waals surface area contributed by atoms with Crippen LogP contribution in [0.5, 0.6) is 5.75 Å². The Hall–Kier alpha value is -2.11. The third kappa shape index (κ3) is 7.29. The molecule has 1 unspecified atom stereocenters. The molecule has 10 heteroatoms. The number of aromatic nitrogens is 2. The van der Waals surface area contributed by atoms with Crippen LogP contribution in [-0.4, -0.2) is 55.1 Å². The molecule has 0 saturated carbocycles. The smallest absolute Gasteiger partial charge is 0.387 e. The molecule has 30 heavy (non-hydrogen) atoms. The third-order valence-electron chi connectivity index (χ3n) is 4.81. The zero-order valence-corrected chi connectivity index (χ0v) is 19.6. The molecule has 3 rings (SSSR count). The minimum absolute atomic E-state index is 0. The molecule has 0 bridgehead atoms. The number of nitrogens with zero attached hydrogens (tertiary/aromatic N) is 4. The van der Waals surface area contributed by atoms with Crippen LogP contribution < -0.4 is 20.3 Å². The van der Waals surface area contributed by atoms with E-state index in [1.807, 2.05) is 36.1 Å². The number of ether oxygens (including phenoxy) is 1. The van der Waals surface area contributed by atoms with Crippen molar-refractivity contribution < 1.29 is 13.5 Å². The van der Waals surface area contributed by atoms with Crippen LogP contribution in [0.4, 0.5) is 14.5 Å². The third-order valence-corrected chi connectivity index (χ3v) is 4.81. The maximum atomic E-state index is 12.3. The standard InChI is InChI=1S/C20H28F2N6O.HI/c1-15-12-25-28(13-15)11-9-24-20(23-2)26-16-4-3-10-27(14-16)17-5-7-18(8-6-17)29-19(21)22;/h5-8,12-13,16,19H,3-4,9-11,14H2,1-2H3,(H2,23,24,26);1H. The first-order valence-electron chi connectivity index (χ1n) is 9.79. The molecule has 1 aromatic heterocycles. The molecule has 1 aromatic carbocycles. The highest BCUT2D eigenvalue weighted by molar-refractivity contribution is 14.0. The zero-order chi connectivity index (χ0) is 20.6. The first-order valence-corrected chi connectivity index (χ1v) is 9.79. The van der Waals surface area contributed by atoms with E-state index in [2.05, 4.69) is 30.4 Å². The summed E-state index contributed by atoms with van der Waals surface area (Å²) in [6.45, 7) is 2.44. The van der Waals surface area contributed by atoms with Crippen LogP contribution in [0.2, 0.25) is 0 Å². The van der Waals surface area contributed by atoms with Gasteiger partial charge in [-0.05, 0) is 49.6 Å². The topological polar surface area (TPSA) is 66.7 Å². The molecule has 166 valence electrons. The summed E-state index contributed by atoms with van der Waals surface area (Å²) < 4.78 is 30.9. The molecule has 2 aromatic rings. The summed E-state index contributed by atoms with van der Waals surface area (Å²) in [5.74, 6) is 0.939. The van der Waals surface area contributed by atoms with Gasteiger partial charge in [0.25, 0.3) is 0 Å². The summed E-state index contributed by atoms with van der Waals surface area (Å²) in [7, 11) is 1.76. The second-order valence-electron chi connectivity index (χ2n) is 7.08. The maximum absolute atomic E-state index is 12.3. The van der Waals surface area contributed by atoms with Gasteiger partial charge in [0.2, 0.25) is 0 Å². The van der Waals surface area contributed by atoms with Crippen LogP contribution >= 0.6 is 24.0 Å². The SMILES string of the molecule is CN=C(NCCn1cc(C)cn1)NC1CCCN(c2ccc(OC(F)F)cc2)C1.I. The lowest BCUT2D eigenvalue weighted by molar-refractivity contribution is -0.0498. The summed E-state index contributed by atoms with van der Waals surface area (Å²) in [6, 6.07) is 7.05. The number of hydrogen-bond acceptors (Lipinski definition) is 4. The summed E-state index contributed by atoms with van der Waals surface area (Å²) in [6.07, 6.45) is 5.93. The Labute approximate surface area is 192 Å². The van der Waals surface area contributed by atoms with Crippen molar-refractivity contribution in [3.8, 4) is 5.75 Å². The van der Waals surface area contributed by atoms with E-state index in [0.717, 1.165) is 56.2 Å². The molecule has 1 fully saturated rings. The van der Waals surface area contributed by atoms with Gasteiger partial charge < -0.3 is 20.3 Å². The Bertz CT molecular complexity index is 799. The van der Waals surface area contributed by atoms with Gasteiger partial charge in [-0.1, -0.05) is 0 Å². The quantitative estimate of drug-likeness (QED) is 0.325. The molecule has 0 radical (unpaired) electrons. The Morgan fingerprint density at radius 3 is 2.73 bits per heavy atom. The van der Waals surface area contributed by atoms with E-state index < -0.39 is 6.61 Å². The monoisotopic (exact) mass is 534 g/mol. The van der Waals surface area contributed by atoms with Gasteiger partial charge in [-0.25, -0.2) is 0 Å². The molecule has 7 nitrogen and oxygen atoms in total. The lowest BCUT2D eigenvalue weighted by Crippen LogP contribution is -2.51. The predicted molar refractivity (Wildman–Crippen MR) is 125 cm³/mol. The summed E-state index contributed by atoms with van der Waals surface area (Å²) in [4.78, 5) is 6.56. The van der Waals surface area contributed by atoms with Gasteiger partial charge in [-0.3, -0.25) is 9.67 Å². The predicted octanol–water partition coefficient (Wildman–Crippen LogP) is 3.24. The lowest BCUT2D eigenvalue weighted by Gasteiger charge is -2.35. The fourth-order valence-corrected chi connectivity index (χ4v) is 3.43. The van der Waals surface area contributed by atoms with Crippen LogP contribution in [0.15, 0.2) is 41.7 Å². The van der Waals surface area contributed by atoms with Crippen LogP contribution in [-0.2, 0) is 6.54 Å². The van der Waals surface area contributed by atoms with Crippen molar-refractivity contribution in [3.05, 3.63) is 42.2 Å². The number of hydrogen-bond donors (Lipinski definition) is 2. The van der Waals surface area contributed by atoms with Crippen molar-refractivity contribution in [2.45, 2.75) is 39.0 Å². The molecule has 0 spiro atoms. The van der Waals surface area contributed by atoms with Crippen molar-refractivity contribution in [3.63, 3.8) is 0 Å². The molecule has 1 atom stereocenters. The lowest BCUT2D eigenvalue weighted by atomic mass is 10.0. The molecular formula is C20H29F2IN6O. The van der Waals surface area contributed by atoms with E-state index in [1.165, 1.54) is 0 Å². The molecule has 0 aliphatic carbocycles. The van der Waals surface area contributed by atoms with Crippen LogP contribution in [0, 0.1) is 6.92 Å². The van der Waals surface area contributed by atoms with Crippen molar-refractivity contribution in [1.29, 1.82) is 0 Å². The van der Waals surface area contributed by atoms with E-state index in [9.17, 15) is 8.78 Å². The summed E-state index contributed by atoms with van der Waals surface area (Å²) >= 11 is 0. The molecule has 1 aliphatic heterocycles. The number of halogens is 3. The second kappa shape index (κ2) is 11.9. The Kier molecular flexibility index (Phi) is 9.60. The molecule has 1 saturated heterocycles. The highest BCUT2D eigenvalue weighted by Gasteiger charge is 2.21. The average Bonchev–Trinajstić information content (AvgIpc) is 3.12. The van der Waals surface area contributed by atoms with Gasteiger partial charge in [0, 0.05) is 44.6 Å². The summed E-state index contributed by atoms with van der Waals surface area (Å²) in [5, 5.41) is 11.1. The van der Waals surface area contributed by atoms with Crippen LogP contribution in [0.1, 0.15) is 18.4 Å². The maximum Gasteiger partial charge on any atom is 0.387 e. The largest absolute Gasteiger partial charge is 0.435 e. The number of alkyl halides is 2. The molecule has 2 heterocycles. The molecule has 2 N–H and O–H groups in total. The average molecular weight is 534 g/mol. The number of nitrogens with one attached hydrogen (secondary N) is 2. The number of rotatable bonds is 7. The first kappa shape index (κ1) is 24.2. The fraction of sp³-hybridized carbons (Fsp3) is 0.500. The van der Waals surface area contributed by atoms with Gasteiger partial charge in [-0.15, -0.1) is 24.0 Å². The Morgan fingerprint density at radius 2 is 2.10 bits per heavy atom. The number of aryl methyl sites for hydroxylation is 1. The second-order valence-corrected chi connectivity index (χ2v) is 7.08. The van der Waals surface area contributed by atoms with Crippen molar-refractivity contribution in [2.75, 3.05) is 31.6 Å².